The number of nitrogens with one attached hydrogen (secondary N) is 1. The van der Waals surface area contributed by atoms with Gasteiger partial charge in [-0.2, -0.15) is 0 Å². The van der Waals surface area contributed by atoms with E-state index in [1.165, 1.54) is 0 Å². The second kappa shape index (κ2) is 7.85. The van der Waals surface area contributed by atoms with Crippen molar-refractivity contribution in [3.05, 3.63) is 23.3 Å². The van der Waals surface area contributed by atoms with Gasteiger partial charge in [0.1, 0.15) is 12.6 Å². The summed E-state index contributed by atoms with van der Waals surface area (Å²) in [4.78, 5) is 39.7. The first-order chi connectivity index (χ1) is 13.0. The molecule has 0 radical (unpaired) electrons. The van der Waals surface area contributed by atoms with Crippen molar-refractivity contribution in [2.75, 3.05) is 27.3 Å². The lowest BCUT2D eigenvalue weighted by atomic mass is 9.98. The normalized spacial score (nSPS) is 19.0. The Morgan fingerprint density at radius 2 is 1.85 bits per heavy atom. The Labute approximate surface area is 158 Å². The van der Waals surface area contributed by atoms with Crippen molar-refractivity contribution < 1.29 is 23.9 Å². The molecule has 146 valence electrons. The van der Waals surface area contributed by atoms with Crippen LogP contribution in [0.3, 0.4) is 0 Å². The van der Waals surface area contributed by atoms with Crippen molar-refractivity contribution in [3.63, 3.8) is 0 Å². The Hall–Kier alpha value is -2.77. The van der Waals surface area contributed by atoms with Crippen molar-refractivity contribution in [3.8, 4) is 11.5 Å². The van der Waals surface area contributed by atoms with Crippen LogP contribution in [0, 0.1) is 0 Å². The molecule has 1 N–H and O–H groups in total. The molecule has 27 heavy (non-hydrogen) atoms. The molecule has 1 atom stereocenters. The molecule has 0 saturated carbocycles. The van der Waals surface area contributed by atoms with E-state index in [-0.39, 0.29) is 18.4 Å². The van der Waals surface area contributed by atoms with Gasteiger partial charge in [-0.3, -0.25) is 14.5 Å². The minimum absolute atomic E-state index is 0.229. The van der Waals surface area contributed by atoms with Crippen LogP contribution in [-0.4, -0.2) is 61.0 Å². The van der Waals surface area contributed by atoms with Crippen LogP contribution in [0.25, 0.3) is 0 Å². The second-order valence-electron chi connectivity index (χ2n) is 6.76. The van der Waals surface area contributed by atoms with Gasteiger partial charge in [0.25, 0.3) is 5.91 Å². The maximum Gasteiger partial charge on any atom is 0.325 e. The number of urea groups is 1. The third kappa shape index (κ3) is 3.70. The number of ether oxygens (including phenoxy) is 2. The number of nitrogens with zero attached hydrogens (tertiary/aromatic N) is 2. The molecule has 1 fully saturated rings. The molecule has 0 unspecified atom stereocenters. The number of hydrogen-bond donors (Lipinski definition) is 1. The van der Waals surface area contributed by atoms with E-state index in [2.05, 4.69) is 5.32 Å². The smallest absolute Gasteiger partial charge is 0.325 e. The lowest BCUT2D eigenvalue weighted by Gasteiger charge is -2.30. The quantitative estimate of drug-likeness (QED) is 0.758. The minimum Gasteiger partial charge on any atom is -0.493 e. The highest BCUT2D eigenvalue weighted by atomic mass is 16.5. The maximum atomic E-state index is 12.7. The average Bonchev–Trinajstić information content (AvgIpc) is 2.94. The summed E-state index contributed by atoms with van der Waals surface area (Å²) >= 11 is 0. The number of carbonyl (C=O) groups excluding carboxylic acids is 3. The lowest BCUT2D eigenvalue weighted by Crippen LogP contribution is -2.45. The molecule has 2 aliphatic heterocycles. The standard InChI is InChI=1S/C19H25N3O5/c1-4-5-14-18(24)22(19(25)20-14)11-17(23)21-7-6-12-8-15(26-2)16(27-3)9-13(12)10-21/h8-9,14H,4-7,10-11H2,1-3H3,(H,20,25)/t14-/m0/s1. The first kappa shape index (κ1) is 19.0. The lowest BCUT2D eigenvalue weighted by molar-refractivity contribution is -0.138. The Bertz CT molecular complexity index is 764. The van der Waals surface area contributed by atoms with Crippen LogP contribution in [0.2, 0.25) is 0 Å². The Balaban J connectivity index is 1.69. The van der Waals surface area contributed by atoms with E-state index in [0.717, 1.165) is 22.4 Å². The van der Waals surface area contributed by atoms with Gasteiger partial charge in [-0.25, -0.2) is 4.79 Å². The van der Waals surface area contributed by atoms with Crippen LogP contribution in [0.1, 0.15) is 30.9 Å². The van der Waals surface area contributed by atoms with Crippen molar-refractivity contribution in [1.29, 1.82) is 0 Å². The first-order valence-corrected chi connectivity index (χ1v) is 9.11. The number of fused-ring (bicyclic) bond motifs is 1. The molecule has 8 nitrogen and oxygen atoms in total. The third-order valence-corrected chi connectivity index (χ3v) is 5.05. The molecule has 3 rings (SSSR count). The van der Waals surface area contributed by atoms with Gasteiger partial charge >= 0.3 is 6.03 Å². The van der Waals surface area contributed by atoms with Crippen LogP contribution >= 0.6 is 0 Å². The summed E-state index contributed by atoms with van der Waals surface area (Å²) in [6.45, 7) is 2.66. The summed E-state index contributed by atoms with van der Waals surface area (Å²) in [7, 11) is 3.16. The highest BCUT2D eigenvalue weighted by molar-refractivity contribution is 6.06. The zero-order valence-electron chi connectivity index (χ0n) is 15.9. The van der Waals surface area contributed by atoms with E-state index >= 15 is 0 Å². The van der Waals surface area contributed by atoms with Gasteiger partial charge in [0.15, 0.2) is 11.5 Å². The van der Waals surface area contributed by atoms with Crippen LogP contribution in [-0.2, 0) is 22.6 Å². The molecule has 4 amide bonds. The fraction of sp³-hybridized carbons (Fsp3) is 0.526. The Morgan fingerprint density at radius 3 is 2.48 bits per heavy atom. The van der Waals surface area contributed by atoms with Crippen molar-refractivity contribution >= 4 is 17.8 Å². The number of rotatable bonds is 6. The summed E-state index contributed by atoms with van der Waals surface area (Å²) in [6.07, 6.45) is 2.04. The van der Waals surface area contributed by atoms with Gasteiger partial charge < -0.3 is 19.7 Å². The van der Waals surface area contributed by atoms with Crippen LogP contribution < -0.4 is 14.8 Å². The predicted molar refractivity (Wildman–Crippen MR) is 97.6 cm³/mol. The molecule has 2 heterocycles. The molecular formula is C19H25N3O5. The van der Waals surface area contributed by atoms with E-state index in [0.29, 0.717) is 37.4 Å². The molecule has 0 aliphatic carbocycles. The van der Waals surface area contributed by atoms with Gasteiger partial charge in [0.2, 0.25) is 5.91 Å². The minimum atomic E-state index is -0.519. The highest BCUT2D eigenvalue weighted by Gasteiger charge is 2.39. The highest BCUT2D eigenvalue weighted by Crippen LogP contribution is 2.33. The van der Waals surface area contributed by atoms with Gasteiger partial charge in [0, 0.05) is 13.1 Å². The average molecular weight is 375 g/mol. The SMILES string of the molecule is CCC[C@@H]1NC(=O)N(CC(=O)N2CCc3cc(OC)c(OC)cc3C2)C1=O. The number of methoxy groups -OCH3 is 2. The molecule has 2 aliphatic rings. The first-order valence-electron chi connectivity index (χ1n) is 9.11. The largest absolute Gasteiger partial charge is 0.493 e. The molecular weight excluding hydrogens is 350 g/mol. The van der Waals surface area contributed by atoms with Crippen LogP contribution in [0.5, 0.6) is 11.5 Å². The predicted octanol–water partition coefficient (Wildman–Crippen LogP) is 1.31. The fourth-order valence-corrected chi connectivity index (χ4v) is 3.54. The summed E-state index contributed by atoms with van der Waals surface area (Å²) in [5.74, 6) is 0.717. The molecule has 0 aromatic heterocycles. The van der Waals surface area contributed by atoms with Crippen LogP contribution in [0.4, 0.5) is 4.79 Å². The number of benzene rings is 1. The zero-order valence-corrected chi connectivity index (χ0v) is 15.9. The maximum absolute atomic E-state index is 12.7. The summed E-state index contributed by atoms with van der Waals surface area (Å²) in [5.41, 5.74) is 2.09. The summed E-state index contributed by atoms with van der Waals surface area (Å²) in [5, 5.41) is 2.64. The Morgan fingerprint density at radius 1 is 1.19 bits per heavy atom. The molecule has 0 spiro atoms. The summed E-state index contributed by atoms with van der Waals surface area (Å²) < 4.78 is 10.7. The van der Waals surface area contributed by atoms with E-state index in [1.807, 2.05) is 19.1 Å². The van der Waals surface area contributed by atoms with E-state index in [4.69, 9.17) is 9.47 Å². The Kier molecular flexibility index (Phi) is 5.53. The summed E-state index contributed by atoms with van der Waals surface area (Å²) in [6, 6.07) is 2.80. The molecule has 0 bridgehead atoms. The fourth-order valence-electron chi connectivity index (χ4n) is 3.54. The number of hydrogen-bond acceptors (Lipinski definition) is 5. The van der Waals surface area contributed by atoms with Gasteiger partial charge in [-0.15, -0.1) is 0 Å². The van der Waals surface area contributed by atoms with E-state index in [1.54, 1.807) is 19.1 Å². The monoisotopic (exact) mass is 375 g/mol. The number of amides is 4. The van der Waals surface area contributed by atoms with E-state index < -0.39 is 12.1 Å². The van der Waals surface area contributed by atoms with Gasteiger partial charge in [-0.1, -0.05) is 13.3 Å². The number of carbonyl (C=O) groups is 3. The van der Waals surface area contributed by atoms with Gasteiger partial charge in [0.05, 0.1) is 14.2 Å². The molecule has 8 heteroatoms. The van der Waals surface area contributed by atoms with E-state index in [9.17, 15) is 14.4 Å². The van der Waals surface area contributed by atoms with Gasteiger partial charge in [-0.05, 0) is 36.1 Å². The third-order valence-electron chi connectivity index (χ3n) is 5.05. The molecule has 1 aromatic rings. The van der Waals surface area contributed by atoms with Crippen molar-refractivity contribution in [2.45, 2.75) is 38.8 Å². The van der Waals surface area contributed by atoms with Crippen LogP contribution in [0.15, 0.2) is 12.1 Å². The van der Waals surface area contributed by atoms with Crippen molar-refractivity contribution in [2.24, 2.45) is 0 Å². The molecule has 1 aromatic carbocycles. The molecule has 1 saturated heterocycles. The van der Waals surface area contributed by atoms with Crippen molar-refractivity contribution in [1.82, 2.24) is 15.1 Å². The zero-order chi connectivity index (χ0) is 19.6. The second-order valence-corrected chi connectivity index (χ2v) is 6.76. The topological polar surface area (TPSA) is 88.2 Å². The number of imide groups is 1.